The van der Waals surface area contributed by atoms with Gasteiger partial charge >= 0.3 is 6.09 Å². The van der Waals surface area contributed by atoms with E-state index >= 15 is 0 Å². The Hall–Kier alpha value is -1.93. The largest absolute Gasteiger partial charge is 0.444 e. The highest BCUT2D eigenvalue weighted by Gasteiger charge is 2.30. The summed E-state index contributed by atoms with van der Waals surface area (Å²) < 4.78 is 6.04. The summed E-state index contributed by atoms with van der Waals surface area (Å²) in [7, 11) is 0. The molecule has 1 aliphatic heterocycles. The lowest BCUT2D eigenvalue weighted by molar-refractivity contribution is 0.0434. The first-order valence-corrected chi connectivity index (χ1v) is 10.3. The predicted molar refractivity (Wildman–Crippen MR) is 107 cm³/mol. The van der Waals surface area contributed by atoms with Crippen LogP contribution in [0.15, 0.2) is 16.2 Å². The number of nitrogens with zero attached hydrogens (tertiary/aromatic N) is 2. The van der Waals surface area contributed by atoms with Crippen LogP contribution in [0.4, 0.5) is 4.79 Å². The van der Waals surface area contributed by atoms with E-state index in [2.05, 4.69) is 20.2 Å². The Labute approximate surface area is 163 Å². The monoisotopic (exact) mass is 392 g/mol. The van der Waals surface area contributed by atoms with E-state index < -0.39 is 11.7 Å². The van der Waals surface area contributed by atoms with Gasteiger partial charge in [0.1, 0.15) is 16.1 Å². The summed E-state index contributed by atoms with van der Waals surface area (Å²) in [5.74, 6) is 0.669. The van der Waals surface area contributed by atoms with Gasteiger partial charge in [-0.05, 0) is 58.5 Å². The number of aromatic amines is 1. The zero-order valence-electron chi connectivity index (χ0n) is 16.4. The van der Waals surface area contributed by atoms with Gasteiger partial charge in [0, 0.05) is 12.1 Å². The number of carbonyl (C=O) groups excluding carboxylic acids is 1. The van der Waals surface area contributed by atoms with Gasteiger partial charge in [0.05, 0.1) is 12.1 Å². The van der Waals surface area contributed by atoms with Crippen LogP contribution < -0.4 is 10.9 Å². The number of nitrogens with one attached hydrogen (secondary N) is 2. The van der Waals surface area contributed by atoms with Gasteiger partial charge in [0.15, 0.2) is 0 Å². The number of thiophene rings is 1. The van der Waals surface area contributed by atoms with Gasteiger partial charge in [0.25, 0.3) is 5.56 Å². The molecule has 0 bridgehead atoms. The zero-order valence-corrected chi connectivity index (χ0v) is 17.2. The van der Waals surface area contributed by atoms with Crippen molar-refractivity contribution >= 4 is 27.6 Å². The first kappa shape index (κ1) is 19.8. The number of carbonyl (C=O) groups is 1. The molecule has 1 aliphatic rings. The van der Waals surface area contributed by atoms with Crippen molar-refractivity contribution < 1.29 is 9.53 Å². The standard InChI is InChI=1S/C19H28N4O3S/c1-12(20-18(25)26-19(2,3)4)14-7-5-6-9-23(14)11-15-21-13-8-10-27-16(13)17(24)22-15/h8,10,12,14H,5-7,9,11H2,1-4H3,(H,20,25)(H,21,22,24). The fourth-order valence-corrected chi connectivity index (χ4v) is 4.28. The maximum absolute atomic E-state index is 12.2. The van der Waals surface area contributed by atoms with Crippen molar-refractivity contribution in [3.05, 3.63) is 27.6 Å². The van der Waals surface area contributed by atoms with E-state index in [1.165, 1.54) is 11.3 Å². The third-order valence-corrected chi connectivity index (χ3v) is 5.60. The van der Waals surface area contributed by atoms with Crippen LogP contribution in [0.2, 0.25) is 0 Å². The number of H-pyrrole nitrogens is 1. The molecule has 0 radical (unpaired) electrons. The molecule has 148 valence electrons. The SMILES string of the molecule is CC(NC(=O)OC(C)(C)C)C1CCCCN1Cc1nc2ccsc2c(=O)[nH]1. The van der Waals surface area contributed by atoms with Gasteiger partial charge in [-0.15, -0.1) is 11.3 Å². The minimum absolute atomic E-state index is 0.0586. The van der Waals surface area contributed by atoms with Crippen LogP contribution in [-0.2, 0) is 11.3 Å². The number of hydrogen-bond acceptors (Lipinski definition) is 6. The second-order valence-corrected chi connectivity index (χ2v) is 9.03. The molecular weight excluding hydrogens is 364 g/mol. The van der Waals surface area contributed by atoms with Gasteiger partial charge in [0.2, 0.25) is 0 Å². The lowest BCUT2D eigenvalue weighted by atomic mass is 9.96. The summed E-state index contributed by atoms with van der Waals surface area (Å²) in [4.78, 5) is 34.1. The lowest BCUT2D eigenvalue weighted by Gasteiger charge is -2.39. The van der Waals surface area contributed by atoms with Gasteiger partial charge in [-0.2, -0.15) is 0 Å². The van der Waals surface area contributed by atoms with Gasteiger partial charge in [-0.3, -0.25) is 9.69 Å². The maximum Gasteiger partial charge on any atom is 0.407 e. The van der Waals surface area contributed by atoms with E-state index in [0.717, 1.165) is 31.3 Å². The smallest absolute Gasteiger partial charge is 0.407 e. The summed E-state index contributed by atoms with van der Waals surface area (Å²) in [6, 6.07) is 1.99. The van der Waals surface area contributed by atoms with Crippen molar-refractivity contribution in [3.63, 3.8) is 0 Å². The van der Waals surface area contributed by atoms with Crippen molar-refractivity contribution in [2.24, 2.45) is 0 Å². The zero-order chi connectivity index (χ0) is 19.6. The maximum atomic E-state index is 12.2. The van der Waals surface area contributed by atoms with Crippen LogP contribution in [-0.4, -0.2) is 45.2 Å². The molecule has 27 heavy (non-hydrogen) atoms. The molecular formula is C19H28N4O3S. The second kappa shape index (κ2) is 7.98. The van der Waals surface area contributed by atoms with Gasteiger partial charge in [-0.1, -0.05) is 6.42 Å². The molecule has 1 fully saturated rings. The molecule has 1 saturated heterocycles. The second-order valence-electron chi connectivity index (χ2n) is 8.12. The third kappa shape index (κ3) is 5.07. The molecule has 1 amide bonds. The Kier molecular flexibility index (Phi) is 5.86. The molecule has 3 heterocycles. The number of piperidine rings is 1. The fraction of sp³-hybridized carbons (Fsp3) is 0.632. The summed E-state index contributed by atoms with van der Waals surface area (Å²) in [6.45, 7) is 9.04. The highest BCUT2D eigenvalue weighted by molar-refractivity contribution is 7.17. The quantitative estimate of drug-likeness (QED) is 0.834. The van der Waals surface area contributed by atoms with Crippen LogP contribution >= 0.6 is 11.3 Å². The average Bonchev–Trinajstić information content (AvgIpc) is 3.02. The van der Waals surface area contributed by atoms with Crippen molar-refractivity contribution in [1.82, 2.24) is 20.2 Å². The van der Waals surface area contributed by atoms with Crippen molar-refractivity contribution in [2.75, 3.05) is 6.54 Å². The van der Waals surface area contributed by atoms with Crippen LogP contribution in [0.1, 0.15) is 52.8 Å². The molecule has 0 spiro atoms. The molecule has 2 aromatic heterocycles. The minimum Gasteiger partial charge on any atom is -0.444 e. The Morgan fingerprint density at radius 2 is 2.26 bits per heavy atom. The molecule has 2 N–H and O–H groups in total. The van der Waals surface area contributed by atoms with Crippen LogP contribution in [0.5, 0.6) is 0 Å². The normalized spacial score (nSPS) is 19.8. The highest BCUT2D eigenvalue weighted by Crippen LogP contribution is 2.22. The third-order valence-electron chi connectivity index (χ3n) is 4.70. The van der Waals surface area contributed by atoms with Crippen LogP contribution in [0, 0.1) is 0 Å². The van der Waals surface area contributed by atoms with Gasteiger partial charge in [-0.25, -0.2) is 9.78 Å². The fourth-order valence-electron chi connectivity index (χ4n) is 3.56. The number of hydrogen-bond donors (Lipinski definition) is 2. The number of amides is 1. The summed E-state index contributed by atoms with van der Waals surface area (Å²) in [5.41, 5.74) is 0.140. The number of alkyl carbamates (subject to hydrolysis) is 1. The molecule has 0 saturated carbocycles. The number of likely N-dealkylation sites (tertiary alicyclic amines) is 1. The van der Waals surface area contributed by atoms with E-state index in [-0.39, 0.29) is 17.6 Å². The highest BCUT2D eigenvalue weighted by atomic mass is 32.1. The van der Waals surface area contributed by atoms with E-state index in [0.29, 0.717) is 17.1 Å². The average molecular weight is 393 g/mol. The molecule has 3 rings (SSSR count). The Morgan fingerprint density at radius 3 is 3.00 bits per heavy atom. The van der Waals surface area contributed by atoms with E-state index in [1.54, 1.807) is 0 Å². The van der Waals surface area contributed by atoms with Crippen LogP contribution in [0.3, 0.4) is 0 Å². The van der Waals surface area contributed by atoms with Crippen molar-refractivity contribution in [2.45, 2.75) is 71.2 Å². The molecule has 0 aliphatic carbocycles. The topological polar surface area (TPSA) is 87.3 Å². The Balaban J connectivity index is 1.70. The Bertz CT molecular complexity index is 854. The van der Waals surface area contributed by atoms with Crippen molar-refractivity contribution in [1.29, 1.82) is 0 Å². The lowest BCUT2D eigenvalue weighted by Crippen LogP contribution is -2.52. The molecule has 8 heteroatoms. The first-order chi connectivity index (χ1) is 12.7. The number of aromatic nitrogens is 2. The summed E-state index contributed by atoms with van der Waals surface area (Å²) >= 11 is 1.40. The number of ether oxygens (including phenoxy) is 1. The Morgan fingerprint density at radius 1 is 1.48 bits per heavy atom. The molecule has 2 atom stereocenters. The van der Waals surface area contributed by atoms with Crippen molar-refractivity contribution in [3.8, 4) is 0 Å². The van der Waals surface area contributed by atoms with E-state index in [1.807, 2.05) is 39.1 Å². The molecule has 2 aromatic rings. The summed E-state index contributed by atoms with van der Waals surface area (Å²) in [6.07, 6.45) is 2.81. The predicted octanol–water partition coefficient (Wildman–Crippen LogP) is 3.25. The number of rotatable bonds is 4. The van der Waals surface area contributed by atoms with E-state index in [4.69, 9.17) is 4.74 Å². The summed E-state index contributed by atoms with van der Waals surface area (Å²) in [5, 5.41) is 4.85. The van der Waals surface area contributed by atoms with Gasteiger partial charge < -0.3 is 15.0 Å². The van der Waals surface area contributed by atoms with Crippen LogP contribution in [0.25, 0.3) is 10.2 Å². The first-order valence-electron chi connectivity index (χ1n) is 9.43. The van der Waals surface area contributed by atoms with E-state index in [9.17, 15) is 9.59 Å². The molecule has 0 aromatic carbocycles. The molecule has 2 unspecified atom stereocenters. The minimum atomic E-state index is -0.518. The number of fused-ring (bicyclic) bond motifs is 1. The molecule has 7 nitrogen and oxygen atoms in total.